The number of hydrogen-bond donors (Lipinski definition) is 0. The predicted octanol–water partition coefficient (Wildman–Crippen LogP) is 10.6. The van der Waals surface area contributed by atoms with Crippen LogP contribution in [0.2, 0.25) is 0 Å². The molecule has 0 N–H and O–H groups in total. The molecule has 4 rings (SSSR count). The van der Waals surface area contributed by atoms with Crippen LogP contribution in [-0.2, 0) is 5.41 Å². The van der Waals surface area contributed by atoms with E-state index in [0.717, 1.165) is 5.92 Å². The molecule has 3 aliphatic carbocycles. The molecule has 0 aliphatic heterocycles. The zero-order chi connectivity index (χ0) is 25.3. The average molecular weight is 459 g/mol. The normalized spacial score (nSPS) is 22.5. The molecule has 0 radical (unpaired) electrons. The van der Waals surface area contributed by atoms with Crippen LogP contribution in [-0.4, -0.2) is 0 Å². The number of fused-ring (bicyclic) bond motifs is 2. The van der Waals surface area contributed by atoms with E-state index in [1.165, 1.54) is 43.2 Å². The number of hydrogen-bond acceptors (Lipinski definition) is 0. The molecule has 1 aromatic rings. The molecule has 0 spiro atoms. The SMILES string of the molecule is CCC1C2=C(CCC(C(C)(C)C)=C2)c2ccc(C(C)(C)C)cc21.CCCC(C)C1=CC(C)C=C1. The second-order valence-electron chi connectivity index (χ2n) is 12.9. The monoisotopic (exact) mass is 458 g/mol. The molecule has 0 amide bonds. The van der Waals surface area contributed by atoms with E-state index < -0.39 is 0 Å². The van der Waals surface area contributed by atoms with Gasteiger partial charge in [-0.25, -0.2) is 0 Å². The predicted molar refractivity (Wildman–Crippen MR) is 152 cm³/mol. The van der Waals surface area contributed by atoms with Crippen molar-refractivity contribution in [3.05, 3.63) is 75.9 Å². The largest absolute Gasteiger partial charge is 0.0776 e. The fraction of sp³-hybridized carbons (Fsp3) is 0.588. The van der Waals surface area contributed by atoms with Gasteiger partial charge < -0.3 is 0 Å². The summed E-state index contributed by atoms with van der Waals surface area (Å²) in [6.45, 7) is 23.1. The molecule has 3 aliphatic rings. The van der Waals surface area contributed by atoms with Crippen molar-refractivity contribution in [1.29, 1.82) is 0 Å². The molecular weight excluding hydrogens is 408 g/mol. The maximum Gasteiger partial charge on any atom is 0.00958 e. The summed E-state index contributed by atoms with van der Waals surface area (Å²) in [7, 11) is 0. The van der Waals surface area contributed by atoms with Gasteiger partial charge >= 0.3 is 0 Å². The van der Waals surface area contributed by atoms with E-state index in [1.54, 1.807) is 27.9 Å². The molecule has 0 fully saturated rings. The van der Waals surface area contributed by atoms with Crippen molar-refractivity contribution < 1.29 is 0 Å². The lowest BCUT2D eigenvalue weighted by atomic mass is 9.77. The standard InChI is InChI=1S/C23H32.C11H18/c1-8-17-20-13-15(22(2,3)4)9-11-18(20)19-12-10-16(14-21(17)19)23(5,6)7;1-4-5-10(3)11-7-6-9(2)8-11/h9,11,13-14,17H,8,10,12H2,1-7H3;6-10H,4-5H2,1-3H3. The van der Waals surface area contributed by atoms with Crippen LogP contribution < -0.4 is 0 Å². The second kappa shape index (κ2) is 10.4. The summed E-state index contributed by atoms with van der Waals surface area (Å²) in [4.78, 5) is 0. The second-order valence-corrected chi connectivity index (χ2v) is 12.9. The first-order valence-corrected chi connectivity index (χ1v) is 13.9. The zero-order valence-electron chi connectivity index (χ0n) is 23.8. The Morgan fingerprint density at radius 1 is 0.971 bits per heavy atom. The third-order valence-corrected chi connectivity index (χ3v) is 8.03. The summed E-state index contributed by atoms with van der Waals surface area (Å²) < 4.78 is 0. The molecule has 0 heteroatoms. The molecule has 0 saturated carbocycles. The number of rotatable bonds is 4. The highest BCUT2D eigenvalue weighted by atomic mass is 14.4. The smallest absolute Gasteiger partial charge is 0.00958 e. The molecule has 186 valence electrons. The Bertz CT molecular complexity index is 993. The van der Waals surface area contributed by atoms with Crippen LogP contribution >= 0.6 is 0 Å². The van der Waals surface area contributed by atoms with Gasteiger partial charge in [-0.05, 0) is 81.8 Å². The van der Waals surface area contributed by atoms with E-state index in [2.05, 4.69) is 112 Å². The summed E-state index contributed by atoms with van der Waals surface area (Å²) in [5, 5.41) is 0. The Balaban J connectivity index is 0.000000248. The first kappa shape index (κ1) is 26.8. The van der Waals surface area contributed by atoms with Crippen LogP contribution in [0.4, 0.5) is 0 Å². The molecule has 0 saturated heterocycles. The Labute approximate surface area is 211 Å². The minimum absolute atomic E-state index is 0.225. The van der Waals surface area contributed by atoms with Gasteiger partial charge in [0.2, 0.25) is 0 Å². The van der Waals surface area contributed by atoms with Gasteiger partial charge in [0.15, 0.2) is 0 Å². The van der Waals surface area contributed by atoms with Crippen LogP contribution in [0.1, 0.15) is 124 Å². The zero-order valence-corrected chi connectivity index (χ0v) is 23.8. The van der Waals surface area contributed by atoms with Crippen LogP contribution in [0.3, 0.4) is 0 Å². The van der Waals surface area contributed by atoms with Crippen molar-refractivity contribution in [1.82, 2.24) is 0 Å². The van der Waals surface area contributed by atoms with Gasteiger partial charge in [0.25, 0.3) is 0 Å². The minimum atomic E-state index is 0.225. The molecule has 0 bridgehead atoms. The van der Waals surface area contributed by atoms with Crippen molar-refractivity contribution in [2.24, 2.45) is 17.3 Å². The average Bonchev–Trinajstić information content (AvgIpc) is 3.33. The van der Waals surface area contributed by atoms with Gasteiger partial charge in [-0.1, -0.05) is 124 Å². The van der Waals surface area contributed by atoms with Gasteiger partial charge in [0.05, 0.1) is 0 Å². The minimum Gasteiger partial charge on any atom is -0.0776 e. The van der Waals surface area contributed by atoms with E-state index in [1.807, 2.05) is 0 Å². The molecule has 3 atom stereocenters. The van der Waals surface area contributed by atoms with E-state index in [-0.39, 0.29) is 5.41 Å². The van der Waals surface area contributed by atoms with Gasteiger partial charge in [0.1, 0.15) is 0 Å². The lowest BCUT2D eigenvalue weighted by molar-refractivity contribution is 0.481. The van der Waals surface area contributed by atoms with Crippen molar-refractivity contribution >= 4 is 5.57 Å². The maximum atomic E-state index is 2.55. The van der Waals surface area contributed by atoms with Crippen LogP contribution in [0.25, 0.3) is 5.57 Å². The lowest BCUT2D eigenvalue weighted by Crippen LogP contribution is -2.13. The quantitative estimate of drug-likeness (QED) is 0.421. The molecule has 0 aromatic heterocycles. The fourth-order valence-electron chi connectivity index (χ4n) is 5.75. The summed E-state index contributed by atoms with van der Waals surface area (Å²) in [6.07, 6.45) is 15.7. The van der Waals surface area contributed by atoms with Gasteiger partial charge in [-0.2, -0.15) is 0 Å². The molecule has 0 heterocycles. The van der Waals surface area contributed by atoms with E-state index in [0.29, 0.717) is 17.3 Å². The topological polar surface area (TPSA) is 0 Å². The molecule has 3 unspecified atom stereocenters. The highest BCUT2D eigenvalue weighted by Gasteiger charge is 2.33. The van der Waals surface area contributed by atoms with Crippen molar-refractivity contribution in [3.63, 3.8) is 0 Å². The summed E-state index contributed by atoms with van der Waals surface area (Å²) in [6, 6.07) is 7.24. The molecule has 1 aromatic carbocycles. The highest BCUT2D eigenvalue weighted by molar-refractivity contribution is 5.82. The van der Waals surface area contributed by atoms with Gasteiger partial charge in [0, 0.05) is 5.92 Å². The molecule has 0 nitrogen and oxygen atoms in total. The Hall–Kier alpha value is -1.82. The summed E-state index contributed by atoms with van der Waals surface area (Å²) in [5.74, 6) is 2.03. The van der Waals surface area contributed by atoms with Crippen LogP contribution in [0.5, 0.6) is 0 Å². The van der Waals surface area contributed by atoms with Crippen molar-refractivity contribution in [2.75, 3.05) is 0 Å². The molecular formula is C34H50. The van der Waals surface area contributed by atoms with Gasteiger partial charge in [-0.3, -0.25) is 0 Å². The fourth-order valence-corrected chi connectivity index (χ4v) is 5.75. The third-order valence-electron chi connectivity index (χ3n) is 8.03. The van der Waals surface area contributed by atoms with Crippen molar-refractivity contribution in [3.8, 4) is 0 Å². The van der Waals surface area contributed by atoms with Crippen LogP contribution in [0.15, 0.2) is 59.2 Å². The molecule has 34 heavy (non-hydrogen) atoms. The Morgan fingerprint density at radius 2 is 1.68 bits per heavy atom. The van der Waals surface area contributed by atoms with Gasteiger partial charge in [-0.15, -0.1) is 0 Å². The lowest BCUT2D eigenvalue weighted by Gasteiger charge is -2.28. The van der Waals surface area contributed by atoms with Crippen molar-refractivity contribution in [2.45, 2.75) is 113 Å². The number of allylic oxidation sites excluding steroid dienone is 8. The highest BCUT2D eigenvalue weighted by Crippen LogP contribution is 2.51. The summed E-state index contributed by atoms with van der Waals surface area (Å²) in [5.41, 5.74) is 11.5. The Morgan fingerprint density at radius 3 is 2.21 bits per heavy atom. The maximum absolute atomic E-state index is 2.55. The Kier molecular flexibility index (Phi) is 8.22. The van der Waals surface area contributed by atoms with Crippen LogP contribution in [0, 0.1) is 17.3 Å². The van der Waals surface area contributed by atoms with E-state index >= 15 is 0 Å². The first-order chi connectivity index (χ1) is 15.9. The first-order valence-electron chi connectivity index (χ1n) is 13.9. The third kappa shape index (κ3) is 5.87. The summed E-state index contributed by atoms with van der Waals surface area (Å²) >= 11 is 0. The van der Waals surface area contributed by atoms with E-state index in [4.69, 9.17) is 0 Å². The number of benzene rings is 1. The van der Waals surface area contributed by atoms with E-state index in [9.17, 15) is 0 Å².